The Hall–Kier alpha value is -1.90. The van der Waals surface area contributed by atoms with Gasteiger partial charge in [-0.1, -0.05) is 18.2 Å². The normalized spacial score (nSPS) is 32.1. The van der Waals surface area contributed by atoms with Gasteiger partial charge in [-0.2, -0.15) is 0 Å². The number of pyridine rings is 1. The molecule has 0 saturated heterocycles. The Morgan fingerprint density at radius 1 is 1.08 bits per heavy atom. The number of nitrogens with zero attached hydrogens (tertiary/aromatic N) is 1. The number of carbonyl (C=O) groups is 1. The number of fused-ring (bicyclic) bond motifs is 1. The van der Waals surface area contributed by atoms with Gasteiger partial charge in [-0.15, -0.1) is 0 Å². The maximum Gasteiger partial charge on any atom is 0.310 e. The molecular weight excluding hydrogens is 322 g/mol. The molecule has 4 fully saturated rings. The summed E-state index contributed by atoms with van der Waals surface area (Å²) in [4.78, 5) is 17.2. The molecule has 2 aromatic rings. The molecule has 0 unspecified atom stereocenters. The number of hydrogen-bond donors (Lipinski definition) is 0. The Kier molecular flexibility index (Phi) is 3.99. The zero-order chi connectivity index (χ0) is 17.7. The van der Waals surface area contributed by atoms with Crippen molar-refractivity contribution in [2.24, 2.45) is 23.7 Å². The smallest absolute Gasteiger partial charge is 0.310 e. The van der Waals surface area contributed by atoms with Crippen LogP contribution in [0.1, 0.15) is 56.2 Å². The number of esters is 1. The summed E-state index contributed by atoms with van der Waals surface area (Å²) in [5.41, 5.74) is 3.34. The highest BCUT2D eigenvalue weighted by atomic mass is 16.5. The molecule has 0 spiro atoms. The molecule has 0 aliphatic heterocycles. The minimum Gasteiger partial charge on any atom is -0.466 e. The lowest BCUT2D eigenvalue weighted by atomic mass is 9.51. The number of carbonyl (C=O) groups excluding carboxylic acids is 1. The molecule has 1 aromatic heterocycles. The van der Waals surface area contributed by atoms with Crippen LogP contribution in [0.5, 0.6) is 0 Å². The highest BCUT2D eigenvalue weighted by Gasteiger charge is 2.49. The third-order valence-electron chi connectivity index (χ3n) is 7.03. The van der Waals surface area contributed by atoms with Crippen molar-refractivity contribution in [2.75, 3.05) is 6.61 Å². The second-order valence-electron chi connectivity index (χ2n) is 8.66. The van der Waals surface area contributed by atoms with E-state index in [0.29, 0.717) is 18.9 Å². The maximum atomic E-state index is 12.1. The van der Waals surface area contributed by atoms with Crippen molar-refractivity contribution in [3.05, 3.63) is 41.6 Å². The van der Waals surface area contributed by atoms with E-state index in [1.165, 1.54) is 37.8 Å². The van der Waals surface area contributed by atoms with Gasteiger partial charge in [0, 0.05) is 17.0 Å². The van der Waals surface area contributed by atoms with Crippen molar-refractivity contribution >= 4 is 16.9 Å². The summed E-state index contributed by atoms with van der Waals surface area (Å²) >= 11 is 0. The molecule has 1 heterocycles. The highest BCUT2D eigenvalue weighted by Crippen LogP contribution is 2.59. The fraction of sp³-hybridized carbons (Fsp3) is 0.565. The van der Waals surface area contributed by atoms with E-state index in [0.717, 1.165) is 40.1 Å². The minimum atomic E-state index is -0.139. The van der Waals surface area contributed by atoms with Gasteiger partial charge in [0.15, 0.2) is 0 Å². The summed E-state index contributed by atoms with van der Waals surface area (Å²) in [6.45, 7) is 2.30. The first-order valence-electron chi connectivity index (χ1n) is 10.3. The molecule has 0 amide bonds. The van der Waals surface area contributed by atoms with E-state index in [-0.39, 0.29) is 5.97 Å². The van der Waals surface area contributed by atoms with Crippen LogP contribution in [0.25, 0.3) is 10.9 Å². The average Bonchev–Trinajstić information content (AvgIpc) is 2.61. The first-order valence-corrected chi connectivity index (χ1v) is 10.3. The Morgan fingerprint density at radius 3 is 2.46 bits per heavy atom. The van der Waals surface area contributed by atoms with Crippen LogP contribution >= 0.6 is 0 Å². The van der Waals surface area contributed by atoms with Gasteiger partial charge in [-0.05, 0) is 80.4 Å². The SMILES string of the molecule is CCOC(=O)Cc1cc(C2C3CC4CC(C3)CC2C4)nc2ccccc12. The van der Waals surface area contributed by atoms with E-state index >= 15 is 0 Å². The second-order valence-corrected chi connectivity index (χ2v) is 8.66. The molecule has 0 radical (unpaired) electrons. The Bertz CT molecular complexity index is 815. The number of benzene rings is 1. The largest absolute Gasteiger partial charge is 0.466 e. The van der Waals surface area contributed by atoms with Gasteiger partial charge >= 0.3 is 5.97 Å². The number of aromatic nitrogens is 1. The lowest BCUT2D eigenvalue weighted by Crippen LogP contribution is -2.44. The van der Waals surface area contributed by atoms with Gasteiger partial charge < -0.3 is 4.74 Å². The molecule has 3 nitrogen and oxygen atoms in total. The van der Waals surface area contributed by atoms with Crippen molar-refractivity contribution in [1.29, 1.82) is 0 Å². The molecule has 4 aliphatic rings. The minimum absolute atomic E-state index is 0.139. The van der Waals surface area contributed by atoms with Gasteiger partial charge in [0.1, 0.15) is 0 Å². The summed E-state index contributed by atoms with van der Waals surface area (Å²) in [5.74, 6) is 3.99. The van der Waals surface area contributed by atoms with Crippen LogP contribution in [-0.2, 0) is 16.0 Å². The Morgan fingerprint density at radius 2 is 1.77 bits per heavy atom. The molecule has 0 N–H and O–H groups in total. The summed E-state index contributed by atoms with van der Waals surface area (Å²) in [7, 11) is 0. The van der Waals surface area contributed by atoms with E-state index in [1.54, 1.807) is 0 Å². The molecular formula is C23H27NO2. The lowest BCUT2D eigenvalue weighted by molar-refractivity contribution is -0.142. The summed E-state index contributed by atoms with van der Waals surface area (Å²) in [5, 5.41) is 1.09. The van der Waals surface area contributed by atoms with Gasteiger partial charge in [0.05, 0.1) is 18.5 Å². The van der Waals surface area contributed by atoms with Gasteiger partial charge in [0.2, 0.25) is 0 Å². The summed E-state index contributed by atoms with van der Waals surface area (Å²) in [6.07, 6.45) is 7.37. The second kappa shape index (κ2) is 6.37. The molecule has 4 aliphatic carbocycles. The van der Waals surface area contributed by atoms with Crippen LogP contribution in [-0.4, -0.2) is 17.6 Å². The van der Waals surface area contributed by atoms with Gasteiger partial charge in [-0.25, -0.2) is 0 Å². The number of ether oxygens (including phenoxy) is 1. The Balaban J connectivity index is 1.55. The van der Waals surface area contributed by atoms with Crippen molar-refractivity contribution < 1.29 is 9.53 Å². The molecule has 136 valence electrons. The standard InChI is InChI=1S/C23H27NO2/c1-2-26-22(25)13-16-12-21(24-20-6-4-3-5-19(16)20)23-17-8-14-7-15(10-17)11-18(23)9-14/h3-6,12,14-15,17-18,23H,2,7-11,13H2,1H3. The van der Waals surface area contributed by atoms with E-state index in [2.05, 4.69) is 18.2 Å². The number of hydrogen-bond acceptors (Lipinski definition) is 3. The molecule has 4 bridgehead atoms. The monoisotopic (exact) mass is 349 g/mol. The highest BCUT2D eigenvalue weighted by molar-refractivity contribution is 5.86. The Labute approximate surface area is 155 Å². The predicted molar refractivity (Wildman–Crippen MR) is 102 cm³/mol. The zero-order valence-electron chi connectivity index (χ0n) is 15.5. The zero-order valence-corrected chi connectivity index (χ0v) is 15.5. The molecule has 26 heavy (non-hydrogen) atoms. The number of para-hydroxylation sites is 1. The topological polar surface area (TPSA) is 39.2 Å². The lowest BCUT2D eigenvalue weighted by Gasteiger charge is -2.54. The third kappa shape index (κ3) is 2.72. The van der Waals surface area contributed by atoms with E-state index < -0.39 is 0 Å². The van der Waals surface area contributed by atoms with Gasteiger partial charge in [-0.3, -0.25) is 9.78 Å². The molecule has 6 rings (SSSR count). The van der Waals surface area contributed by atoms with Crippen molar-refractivity contribution in [2.45, 2.75) is 51.4 Å². The van der Waals surface area contributed by atoms with Crippen molar-refractivity contribution in [1.82, 2.24) is 4.98 Å². The quantitative estimate of drug-likeness (QED) is 0.739. The van der Waals surface area contributed by atoms with E-state index in [1.807, 2.05) is 19.1 Å². The van der Waals surface area contributed by atoms with Crippen LogP contribution in [0.2, 0.25) is 0 Å². The first kappa shape index (κ1) is 16.3. The number of rotatable bonds is 4. The molecule has 1 aromatic carbocycles. The first-order chi connectivity index (χ1) is 12.7. The van der Waals surface area contributed by atoms with Crippen LogP contribution in [0.3, 0.4) is 0 Å². The van der Waals surface area contributed by atoms with E-state index in [9.17, 15) is 4.79 Å². The van der Waals surface area contributed by atoms with Crippen molar-refractivity contribution in [3.63, 3.8) is 0 Å². The van der Waals surface area contributed by atoms with Crippen LogP contribution in [0.4, 0.5) is 0 Å². The van der Waals surface area contributed by atoms with Gasteiger partial charge in [0.25, 0.3) is 0 Å². The van der Waals surface area contributed by atoms with Crippen LogP contribution in [0, 0.1) is 23.7 Å². The fourth-order valence-corrected chi connectivity index (χ4v) is 6.36. The fourth-order valence-electron chi connectivity index (χ4n) is 6.36. The molecule has 4 saturated carbocycles. The maximum absolute atomic E-state index is 12.1. The predicted octanol–water partition coefficient (Wildman–Crippen LogP) is 4.88. The van der Waals surface area contributed by atoms with Crippen LogP contribution < -0.4 is 0 Å². The summed E-state index contributed by atoms with van der Waals surface area (Å²) in [6, 6.07) is 10.5. The van der Waals surface area contributed by atoms with E-state index in [4.69, 9.17) is 9.72 Å². The summed E-state index contributed by atoms with van der Waals surface area (Å²) < 4.78 is 5.22. The third-order valence-corrected chi connectivity index (χ3v) is 7.03. The van der Waals surface area contributed by atoms with Crippen molar-refractivity contribution in [3.8, 4) is 0 Å². The average molecular weight is 349 g/mol. The molecule has 3 heteroatoms. The molecule has 0 atom stereocenters. The van der Waals surface area contributed by atoms with Crippen LogP contribution in [0.15, 0.2) is 30.3 Å².